The van der Waals surface area contributed by atoms with Crippen molar-refractivity contribution >= 4 is 46.1 Å². The maximum Gasteiger partial charge on any atom is 0.171 e. The van der Waals surface area contributed by atoms with Crippen molar-refractivity contribution in [2.75, 3.05) is 14.2 Å². The summed E-state index contributed by atoms with van der Waals surface area (Å²) in [6.45, 7) is 0. The lowest BCUT2D eigenvalue weighted by atomic mass is 10.0. The standard InChI is InChI=1S/C38H32O4P2.2H2O/c1-41-33-25-15-27-35(43(39,29-17-7-3-8-18-29)30-19-9-4-10-20-30)37(33)38-34(42-2)26-16-28-36(38)44(40,31-21-11-5-12-22-31)32-23-13-6-14-24-32;;/h3-28H,1-2H3;2*1H2. The summed E-state index contributed by atoms with van der Waals surface area (Å²) in [4.78, 5) is 0. The highest BCUT2D eigenvalue weighted by Crippen LogP contribution is 2.52. The van der Waals surface area contributed by atoms with Gasteiger partial charge in [-0.05, 0) is 24.3 Å². The summed E-state index contributed by atoms with van der Waals surface area (Å²) in [5.74, 6) is 1.01. The Morgan fingerprint density at radius 2 is 0.630 bits per heavy atom. The van der Waals surface area contributed by atoms with Gasteiger partial charge in [0, 0.05) is 43.0 Å². The van der Waals surface area contributed by atoms with E-state index in [1.165, 1.54) is 0 Å². The zero-order valence-electron chi connectivity index (χ0n) is 25.5. The molecular formula is C38H36O6P2. The second kappa shape index (κ2) is 14.6. The van der Waals surface area contributed by atoms with Crippen molar-refractivity contribution in [1.29, 1.82) is 0 Å². The summed E-state index contributed by atoms with van der Waals surface area (Å²) in [5.41, 5.74) is 1.18. The Bertz CT molecular complexity index is 1750. The molecule has 0 amide bonds. The fraction of sp³-hybridized carbons (Fsp3) is 0.0526. The summed E-state index contributed by atoms with van der Waals surface area (Å²) in [7, 11) is -3.78. The minimum Gasteiger partial charge on any atom is -0.496 e. The molecule has 0 saturated heterocycles. The molecule has 0 heterocycles. The Morgan fingerprint density at radius 1 is 0.370 bits per heavy atom. The molecular weight excluding hydrogens is 614 g/mol. The maximum absolute atomic E-state index is 15.8. The average molecular weight is 651 g/mol. The largest absolute Gasteiger partial charge is 0.496 e. The van der Waals surface area contributed by atoms with Crippen molar-refractivity contribution in [3.05, 3.63) is 158 Å². The third-order valence-electron chi connectivity index (χ3n) is 7.86. The molecule has 0 saturated carbocycles. The molecule has 0 radical (unpaired) electrons. The van der Waals surface area contributed by atoms with Gasteiger partial charge in [-0.3, -0.25) is 0 Å². The van der Waals surface area contributed by atoms with Crippen LogP contribution >= 0.6 is 14.3 Å². The van der Waals surface area contributed by atoms with Gasteiger partial charge in [0.1, 0.15) is 11.5 Å². The smallest absolute Gasteiger partial charge is 0.171 e. The molecule has 8 heteroatoms. The highest BCUT2D eigenvalue weighted by atomic mass is 31.2. The topological polar surface area (TPSA) is 116 Å². The zero-order chi connectivity index (χ0) is 30.6. The van der Waals surface area contributed by atoms with Gasteiger partial charge < -0.3 is 29.6 Å². The zero-order valence-corrected chi connectivity index (χ0v) is 27.3. The van der Waals surface area contributed by atoms with Gasteiger partial charge in [-0.15, -0.1) is 0 Å². The second-order valence-corrected chi connectivity index (χ2v) is 15.7. The Labute approximate surface area is 269 Å². The number of hydrogen-bond acceptors (Lipinski definition) is 4. The average Bonchev–Trinajstić information content (AvgIpc) is 3.11. The van der Waals surface area contributed by atoms with Crippen LogP contribution in [0.5, 0.6) is 11.5 Å². The number of hydrogen-bond donors (Lipinski definition) is 0. The minimum absolute atomic E-state index is 0. The maximum atomic E-state index is 15.8. The Hall–Kier alpha value is -4.70. The van der Waals surface area contributed by atoms with Crippen molar-refractivity contribution < 1.29 is 29.6 Å². The van der Waals surface area contributed by atoms with Gasteiger partial charge in [0.15, 0.2) is 14.3 Å². The third kappa shape index (κ3) is 5.85. The summed E-state index contributed by atoms with van der Waals surface area (Å²) in [5, 5.41) is 3.90. The molecule has 0 fully saturated rings. The van der Waals surface area contributed by atoms with Crippen molar-refractivity contribution in [2.24, 2.45) is 0 Å². The lowest BCUT2D eigenvalue weighted by Gasteiger charge is -2.28. The molecule has 46 heavy (non-hydrogen) atoms. The molecule has 6 aromatic carbocycles. The van der Waals surface area contributed by atoms with E-state index in [1.54, 1.807) is 14.2 Å². The normalized spacial score (nSPS) is 11.1. The van der Waals surface area contributed by atoms with Crippen LogP contribution in [0.15, 0.2) is 158 Å². The third-order valence-corrected chi connectivity index (χ3v) is 14.1. The molecule has 0 aliphatic rings. The van der Waals surface area contributed by atoms with Gasteiger partial charge in [0.05, 0.1) is 14.2 Å². The molecule has 6 nitrogen and oxygen atoms in total. The molecule has 0 aromatic heterocycles. The molecule has 4 N–H and O–H groups in total. The highest BCUT2D eigenvalue weighted by Gasteiger charge is 2.39. The first-order valence-corrected chi connectivity index (χ1v) is 17.7. The van der Waals surface area contributed by atoms with Crippen LogP contribution in [0, 0.1) is 0 Å². The Morgan fingerprint density at radius 3 is 0.870 bits per heavy atom. The summed E-state index contributed by atoms with van der Waals surface area (Å²) >= 11 is 0. The van der Waals surface area contributed by atoms with Crippen LogP contribution in [-0.2, 0) is 9.13 Å². The van der Waals surface area contributed by atoms with Crippen molar-refractivity contribution in [3.63, 3.8) is 0 Å². The van der Waals surface area contributed by atoms with Gasteiger partial charge >= 0.3 is 0 Å². The van der Waals surface area contributed by atoms with Crippen LogP contribution in [0.2, 0.25) is 0 Å². The lowest BCUT2D eigenvalue weighted by Crippen LogP contribution is -2.30. The fourth-order valence-corrected chi connectivity index (χ4v) is 11.6. The number of rotatable bonds is 9. The predicted octanol–water partition coefficient (Wildman–Crippen LogP) is 5.00. The molecule has 0 spiro atoms. The van der Waals surface area contributed by atoms with Gasteiger partial charge in [-0.2, -0.15) is 0 Å². The van der Waals surface area contributed by atoms with Gasteiger partial charge in [-0.1, -0.05) is 133 Å². The van der Waals surface area contributed by atoms with Crippen LogP contribution in [-0.4, -0.2) is 25.2 Å². The molecule has 0 bridgehead atoms. The number of ether oxygens (including phenoxy) is 2. The van der Waals surface area contributed by atoms with Gasteiger partial charge in [0.2, 0.25) is 0 Å². The first-order chi connectivity index (χ1) is 21.5. The number of methoxy groups -OCH3 is 2. The first kappa shape index (κ1) is 34.2. The lowest BCUT2D eigenvalue weighted by molar-refractivity contribution is 0.411. The molecule has 0 aliphatic carbocycles. The van der Waals surface area contributed by atoms with Crippen LogP contribution in [0.3, 0.4) is 0 Å². The van der Waals surface area contributed by atoms with E-state index in [0.717, 1.165) is 0 Å². The molecule has 0 unspecified atom stereocenters. The molecule has 6 aromatic rings. The van der Waals surface area contributed by atoms with E-state index in [1.807, 2.05) is 158 Å². The van der Waals surface area contributed by atoms with E-state index in [-0.39, 0.29) is 11.0 Å². The van der Waals surface area contributed by atoms with Crippen LogP contribution in [0.4, 0.5) is 0 Å². The van der Waals surface area contributed by atoms with Crippen LogP contribution < -0.4 is 41.3 Å². The van der Waals surface area contributed by atoms with E-state index in [0.29, 0.717) is 54.5 Å². The quantitative estimate of drug-likeness (QED) is 0.205. The number of benzene rings is 6. The van der Waals surface area contributed by atoms with E-state index < -0.39 is 14.3 Å². The summed E-state index contributed by atoms with van der Waals surface area (Å²) in [6.07, 6.45) is 0. The predicted molar refractivity (Wildman–Crippen MR) is 191 cm³/mol. The van der Waals surface area contributed by atoms with Crippen LogP contribution in [0.25, 0.3) is 11.1 Å². The molecule has 0 aliphatic heterocycles. The van der Waals surface area contributed by atoms with Crippen molar-refractivity contribution in [2.45, 2.75) is 0 Å². The van der Waals surface area contributed by atoms with Crippen molar-refractivity contribution in [1.82, 2.24) is 0 Å². The highest BCUT2D eigenvalue weighted by molar-refractivity contribution is 7.86. The van der Waals surface area contributed by atoms with Gasteiger partial charge in [-0.25, -0.2) is 0 Å². The van der Waals surface area contributed by atoms with Crippen LogP contribution in [0.1, 0.15) is 0 Å². The van der Waals surface area contributed by atoms with E-state index in [2.05, 4.69) is 0 Å². The Balaban J connectivity index is 0.00000240. The molecule has 6 rings (SSSR count). The monoisotopic (exact) mass is 650 g/mol. The molecule has 0 atom stereocenters. The minimum atomic E-state index is -3.49. The van der Waals surface area contributed by atoms with Gasteiger partial charge in [0.25, 0.3) is 0 Å². The van der Waals surface area contributed by atoms with Crippen molar-refractivity contribution in [3.8, 4) is 22.6 Å². The first-order valence-electron chi connectivity index (χ1n) is 14.3. The van der Waals surface area contributed by atoms with E-state index in [9.17, 15) is 0 Å². The van der Waals surface area contributed by atoms with E-state index >= 15 is 9.13 Å². The SMILES string of the molecule is COc1cccc(P(=O)(c2ccccc2)c2ccccc2)c1-c1c(OC)cccc1P(=O)(c1ccccc1)c1ccccc1.O.O. The fourth-order valence-electron chi connectivity index (χ4n) is 5.81. The van der Waals surface area contributed by atoms with E-state index in [4.69, 9.17) is 9.47 Å². The summed E-state index contributed by atoms with van der Waals surface area (Å²) in [6, 6.07) is 49.3. The summed E-state index contributed by atoms with van der Waals surface area (Å²) < 4.78 is 43.7. The molecule has 234 valence electrons. The Kier molecular flexibility index (Phi) is 10.8. The second-order valence-electron chi connectivity index (χ2n) is 10.3.